The Balaban J connectivity index is 2.04. The summed E-state index contributed by atoms with van der Waals surface area (Å²) in [4.78, 5) is 0. The lowest BCUT2D eigenvalue weighted by atomic mass is 10.2. The normalized spacial score (nSPS) is 10.4. The highest BCUT2D eigenvalue weighted by molar-refractivity contribution is 6.35. The van der Waals surface area contributed by atoms with Gasteiger partial charge in [-0.15, -0.1) is 0 Å². The van der Waals surface area contributed by atoms with Gasteiger partial charge in [0.2, 0.25) is 0 Å². The first-order valence-electron chi connectivity index (χ1n) is 6.59. The molecule has 2 aromatic rings. The maximum atomic E-state index is 6.14. The van der Waals surface area contributed by atoms with Crippen molar-refractivity contribution in [3.8, 4) is 5.75 Å². The number of para-hydroxylation sites is 1. The van der Waals surface area contributed by atoms with E-state index in [1.165, 1.54) is 0 Å². The quantitative estimate of drug-likeness (QED) is 0.753. The maximum Gasteiger partial charge on any atom is 0.124 e. The van der Waals surface area contributed by atoms with Crippen LogP contribution < -0.4 is 10.1 Å². The van der Waals surface area contributed by atoms with Gasteiger partial charge >= 0.3 is 0 Å². The number of methoxy groups -OCH3 is 1. The minimum atomic E-state index is 0.519. The smallest absolute Gasteiger partial charge is 0.124 e. The highest BCUT2D eigenvalue weighted by Gasteiger charge is 2.05. The number of halogens is 2. The summed E-state index contributed by atoms with van der Waals surface area (Å²) in [7, 11) is 1.65. The molecule has 0 bridgehead atoms. The van der Waals surface area contributed by atoms with E-state index in [9.17, 15) is 0 Å². The molecule has 2 rings (SSSR count). The van der Waals surface area contributed by atoms with Crippen LogP contribution in [0.5, 0.6) is 5.75 Å². The van der Waals surface area contributed by atoms with Crippen molar-refractivity contribution < 1.29 is 9.47 Å². The average molecular weight is 326 g/mol. The lowest BCUT2D eigenvalue weighted by molar-refractivity contribution is 0.146. The third-order valence-electron chi connectivity index (χ3n) is 2.92. The summed E-state index contributed by atoms with van der Waals surface area (Å²) in [6.45, 7) is 1.68. The lowest BCUT2D eigenvalue weighted by Crippen LogP contribution is -2.08. The standard InChI is InChI=1S/C16H17Cl2NO2/c1-20-8-9-21-16-5-3-2-4-12(16)11-19-15-10-13(17)6-7-14(15)18/h2-7,10,19H,8-9,11H2,1H3. The number of ether oxygens (including phenoxy) is 2. The van der Waals surface area contributed by atoms with Crippen molar-refractivity contribution >= 4 is 28.9 Å². The molecule has 0 aliphatic carbocycles. The minimum absolute atomic E-state index is 0.519. The second-order valence-electron chi connectivity index (χ2n) is 4.43. The number of anilines is 1. The molecule has 0 heterocycles. The highest BCUT2D eigenvalue weighted by atomic mass is 35.5. The molecule has 2 aromatic carbocycles. The number of nitrogens with one attached hydrogen (secondary N) is 1. The molecule has 0 saturated heterocycles. The van der Waals surface area contributed by atoms with Gasteiger partial charge in [0.15, 0.2) is 0 Å². The van der Waals surface area contributed by atoms with Crippen LogP contribution in [-0.4, -0.2) is 20.3 Å². The topological polar surface area (TPSA) is 30.5 Å². The van der Waals surface area contributed by atoms with Gasteiger partial charge < -0.3 is 14.8 Å². The second kappa shape index (κ2) is 8.13. The van der Waals surface area contributed by atoms with Gasteiger partial charge in [-0.05, 0) is 24.3 Å². The molecule has 0 unspecified atom stereocenters. The molecule has 1 N–H and O–H groups in total. The van der Waals surface area contributed by atoms with Gasteiger partial charge in [-0.3, -0.25) is 0 Å². The SMILES string of the molecule is COCCOc1ccccc1CNc1cc(Cl)ccc1Cl. The molecule has 0 amide bonds. The Bertz CT molecular complexity index is 590. The molecule has 0 fully saturated rings. The maximum absolute atomic E-state index is 6.14. The fourth-order valence-corrected chi connectivity index (χ4v) is 2.21. The summed E-state index contributed by atoms with van der Waals surface area (Å²) >= 11 is 12.1. The molecule has 0 radical (unpaired) electrons. The van der Waals surface area contributed by atoms with Gasteiger partial charge in [-0.25, -0.2) is 0 Å². The van der Waals surface area contributed by atoms with E-state index < -0.39 is 0 Å². The van der Waals surface area contributed by atoms with Crippen LogP contribution in [0.3, 0.4) is 0 Å². The Morgan fingerprint density at radius 2 is 1.86 bits per heavy atom. The van der Waals surface area contributed by atoms with E-state index in [-0.39, 0.29) is 0 Å². The molecule has 0 aromatic heterocycles. The second-order valence-corrected chi connectivity index (χ2v) is 5.27. The van der Waals surface area contributed by atoms with Gasteiger partial charge in [-0.2, -0.15) is 0 Å². The highest BCUT2D eigenvalue weighted by Crippen LogP contribution is 2.27. The number of hydrogen-bond acceptors (Lipinski definition) is 3. The van der Waals surface area contributed by atoms with Crippen molar-refractivity contribution in [2.75, 3.05) is 25.6 Å². The Morgan fingerprint density at radius 1 is 1.05 bits per heavy atom. The van der Waals surface area contributed by atoms with Gasteiger partial charge in [-0.1, -0.05) is 41.4 Å². The molecular formula is C16H17Cl2NO2. The molecule has 0 spiro atoms. The van der Waals surface area contributed by atoms with Crippen LogP contribution in [-0.2, 0) is 11.3 Å². The predicted octanol–water partition coefficient (Wildman–Crippen LogP) is 4.63. The van der Waals surface area contributed by atoms with E-state index >= 15 is 0 Å². The zero-order chi connectivity index (χ0) is 15.1. The molecule has 21 heavy (non-hydrogen) atoms. The number of rotatable bonds is 7. The summed E-state index contributed by atoms with van der Waals surface area (Å²) in [5, 5.41) is 4.55. The Morgan fingerprint density at radius 3 is 2.67 bits per heavy atom. The van der Waals surface area contributed by atoms with Crippen LogP contribution in [0.4, 0.5) is 5.69 Å². The molecule has 0 aliphatic heterocycles. The zero-order valence-corrected chi connectivity index (χ0v) is 13.2. The van der Waals surface area contributed by atoms with E-state index in [0.717, 1.165) is 17.0 Å². The molecule has 0 atom stereocenters. The number of benzene rings is 2. The van der Waals surface area contributed by atoms with Crippen molar-refractivity contribution in [1.29, 1.82) is 0 Å². The van der Waals surface area contributed by atoms with E-state index in [1.807, 2.05) is 24.3 Å². The Labute approximate surface area is 134 Å². The van der Waals surface area contributed by atoms with Crippen molar-refractivity contribution in [2.45, 2.75) is 6.54 Å². The van der Waals surface area contributed by atoms with Gasteiger partial charge in [0.05, 0.1) is 17.3 Å². The first kappa shape index (κ1) is 16.0. The number of hydrogen-bond donors (Lipinski definition) is 1. The van der Waals surface area contributed by atoms with E-state index in [2.05, 4.69) is 5.32 Å². The van der Waals surface area contributed by atoms with E-state index in [1.54, 1.807) is 25.3 Å². The zero-order valence-electron chi connectivity index (χ0n) is 11.7. The van der Waals surface area contributed by atoms with Gasteiger partial charge in [0.1, 0.15) is 12.4 Å². The van der Waals surface area contributed by atoms with Gasteiger partial charge in [0.25, 0.3) is 0 Å². The first-order valence-corrected chi connectivity index (χ1v) is 7.35. The van der Waals surface area contributed by atoms with Crippen LogP contribution in [0.2, 0.25) is 10.0 Å². The van der Waals surface area contributed by atoms with E-state index in [0.29, 0.717) is 29.8 Å². The molecule has 112 valence electrons. The lowest BCUT2D eigenvalue weighted by Gasteiger charge is -2.13. The van der Waals surface area contributed by atoms with Crippen LogP contribution in [0.25, 0.3) is 0 Å². The molecule has 3 nitrogen and oxygen atoms in total. The van der Waals surface area contributed by atoms with Gasteiger partial charge in [0, 0.05) is 24.2 Å². The molecular weight excluding hydrogens is 309 g/mol. The van der Waals surface area contributed by atoms with Crippen LogP contribution >= 0.6 is 23.2 Å². The monoisotopic (exact) mass is 325 g/mol. The van der Waals surface area contributed by atoms with Crippen molar-refractivity contribution in [3.05, 3.63) is 58.1 Å². The molecule has 0 aliphatic rings. The molecule has 0 saturated carbocycles. The fraction of sp³-hybridized carbons (Fsp3) is 0.250. The minimum Gasteiger partial charge on any atom is -0.491 e. The average Bonchev–Trinajstić information content (AvgIpc) is 2.49. The van der Waals surface area contributed by atoms with Crippen molar-refractivity contribution in [1.82, 2.24) is 0 Å². The van der Waals surface area contributed by atoms with Crippen LogP contribution in [0, 0.1) is 0 Å². The summed E-state index contributed by atoms with van der Waals surface area (Å²) in [5.41, 5.74) is 1.85. The first-order chi connectivity index (χ1) is 10.2. The fourth-order valence-electron chi connectivity index (χ4n) is 1.85. The van der Waals surface area contributed by atoms with E-state index in [4.69, 9.17) is 32.7 Å². The summed E-state index contributed by atoms with van der Waals surface area (Å²) < 4.78 is 10.7. The third-order valence-corrected chi connectivity index (χ3v) is 3.48. The van der Waals surface area contributed by atoms with Crippen molar-refractivity contribution in [3.63, 3.8) is 0 Å². The predicted molar refractivity (Wildman–Crippen MR) is 87.6 cm³/mol. The third kappa shape index (κ3) is 4.81. The van der Waals surface area contributed by atoms with Crippen molar-refractivity contribution in [2.24, 2.45) is 0 Å². The van der Waals surface area contributed by atoms with Crippen LogP contribution in [0.1, 0.15) is 5.56 Å². The summed E-state index contributed by atoms with van der Waals surface area (Å²) in [6, 6.07) is 13.2. The van der Waals surface area contributed by atoms with Crippen LogP contribution in [0.15, 0.2) is 42.5 Å². The Hall–Kier alpha value is -1.42. The Kier molecular flexibility index (Phi) is 6.18. The molecule has 5 heteroatoms. The summed E-state index contributed by atoms with van der Waals surface area (Å²) in [6.07, 6.45) is 0. The summed E-state index contributed by atoms with van der Waals surface area (Å²) in [5.74, 6) is 0.834. The largest absolute Gasteiger partial charge is 0.491 e.